The van der Waals surface area contributed by atoms with Crippen LogP contribution in [0.25, 0.3) is 44.3 Å². The van der Waals surface area contributed by atoms with Crippen molar-refractivity contribution in [3.05, 3.63) is 204 Å². The molecule has 6 aliphatic heterocycles. The maximum Gasteiger partial charge on any atom is 0.219 e. The second-order valence-electron chi connectivity index (χ2n) is 30.3. The van der Waals surface area contributed by atoms with Gasteiger partial charge in [0.25, 0.3) is 0 Å². The van der Waals surface area contributed by atoms with Crippen molar-refractivity contribution < 1.29 is 35.8 Å². The molecule has 18 heterocycles. The lowest BCUT2D eigenvalue weighted by atomic mass is 10.1. The Bertz CT molecular complexity index is 5560. The van der Waals surface area contributed by atoms with Crippen molar-refractivity contribution in [2.24, 2.45) is 9.98 Å². The summed E-state index contributed by atoms with van der Waals surface area (Å²) in [5.74, 6) is 5.79. The van der Waals surface area contributed by atoms with Crippen LogP contribution in [0.4, 0.5) is 23.3 Å². The number of aliphatic imine (C=N–C) groups is 2. The van der Waals surface area contributed by atoms with Crippen molar-refractivity contribution in [2.45, 2.75) is 130 Å². The Labute approximate surface area is 685 Å². The van der Waals surface area contributed by atoms with Crippen LogP contribution in [0.3, 0.4) is 0 Å². The van der Waals surface area contributed by atoms with Crippen molar-refractivity contribution in [1.82, 2.24) is 88.8 Å². The Morgan fingerprint density at radius 3 is 1.25 bits per heavy atom. The van der Waals surface area contributed by atoms with Crippen LogP contribution in [-0.4, -0.2) is 220 Å². The molecule has 0 atom stereocenters. The molecule has 0 unspecified atom stereocenters. The van der Waals surface area contributed by atoms with E-state index in [0.29, 0.717) is 94.7 Å². The van der Waals surface area contributed by atoms with E-state index in [1.807, 2.05) is 122 Å². The Kier molecular flexibility index (Phi) is 25.1. The normalized spacial score (nSPS) is 15.7. The molecule has 0 radical (unpaired) electrons. The van der Waals surface area contributed by atoms with E-state index in [9.17, 15) is 16.8 Å². The van der Waals surface area contributed by atoms with E-state index in [1.165, 1.54) is 30.0 Å². The first-order chi connectivity index (χ1) is 57.2. The van der Waals surface area contributed by atoms with Gasteiger partial charge in [0.15, 0.2) is 0 Å². The van der Waals surface area contributed by atoms with Gasteiger partial charge in [-0.1, -0.05) is 6.07 Å². The molecular formula is C84H96N24O8S2. The van der Waals surface area contributed by atoms with Gasteiger partial charge >= 0.3 is 0 Å². The summed E-state index contributed by atoms with van der Waals surface area (Å²) in [6, 6.07) is 28.4. The number of piperazine rings is 2. The molecule has 0 amide bonds. The van der Waals surface area contributed by atoms with Crippen molar-refractivity contribution in [3.63, 3.8) is 0 Å². The number of piperidine rings is 1. The molecule has 12 aromatic rings. The second-order valence-corrected chi connectivity index (χ2v) is 34.3. The number of sulfonamides is 2. The minimum Gasteiger partial charge on any atom is -0.475 e. The predicted molar refractivity (Wildman–Crippen MR) is 453 cm³/mol. The number of hydrogen-bond acceptors (Lipinski definition) is 28. The highest BCUT2D eigenvalue weighted by Crippen LogP contribution is 2.35. The topological polar surface area (TPSA) is 361 Å². The first kappa shape index (κ1) is 81.0. The van der Waals surface area contributed by atoms with Gasteiger partial charge in [0.05, 0.1) is 95.2 Å². The van der Waals surface area contributed by atoms with Gasteiger partial charge in [0, 0.05) is 202 Å². The van der Waals surface area contributed by atoms with Crippen LogP contribution < -0.4 is 38.5 Å². The largest absolute Gasteiger partial charge is 0.475 e. The summed E-state index contributed by atoms with van der Waals surface area (Å²) in [7, 11) is -6.83. The fourth-order valence-electron chi connectivity index (χ4n) is 14.4. The molecule has 34 heteroatoms. The van der Waals surface area contributed by atoms with Gasteiger partial charge < -0.3 is 38.5 Å². The van der Waals surface area contributed by atoms with E-state index in [2.05, 4.69) is 111 Å². The first-order valence-electron chi connectivity index (χ1n) is 39.9. The highest BCUT2D eigenvalue weighted by atomic mass is 32.2. The summed E-state index contributed by atoms with van der Waals surface area (Å²) in [6.45, 7) is 25.2. The van der Waals surface area contributed by atoms with Gasteiger partial charge in [-0.25, -0.2) is 66.7 Å². The molecule has 0 aromatic carbocycles. The maximum absolute atomic E-state index is 12.9. The Balaban J connectivity index is 0.000000125. The molecule has 6 aliphatic rings. The number of rotatable bonds is 22. The van der Waals surface area contributed by atoms with Gasteiger partial charge in [-0.15, -0.1) is 0 Å². The molecule has 0 saturated carbocycles. The van der Waals surface area contributed by atoms with Gasteiger partial charge in [-0.2, -0.15) is 18.8 Å². The van der Waals surface area contributed by atoms with E-state index < -0.39 is 20.0 Å². The molecule has 4 fully saturated rings. The minimum atomic E-state index is -3.43. The third-order valence-corrected chi connectivity index (χ3v) is 23.9. The zero-order valence-electron chi connectivity index (χ0n) is 67.4. The van der Waals surface area contributed by atoms with Crippen LogP contribution in [0, 0.1) is 0 Å². The standard InChI is InChI=1S/2C24H27N7O3S.C19H23N5O.C17H19N5O/c1-17(2)34-23-14-20-21(15-27-23)28-29-24(20)19-5-8-26-22(13-19)30-9-11-31(12-10-30)35(32,33)16-18-3-6-25-7-4-18;1-17(2)34-23-14-20-21(15-27-23)28-29-24(20)18-6-8-26-22(13-18)30-9-11-31(12-10-30)35(32,33)16-19-5-3-4-7-25-19;1-13(2)25-18-8-15-14(10-20-18)11-21-19(15)16-9-17(23-12-22-16)24-6-4-3-5-7-24;1-11(2)23-16-6-13-12(8-18-16)9-19-17(13)14-7-15(21-10-20-14)22-4-3-5-22/h2*3-8,13-15,17H,9-12,16H2,1-2H3,(H,28,29);8-10,12-13H,3-7,11H2,1-2H3;6-8,10-11H,3-5,9H2,1-2H3. The lowest BCUT2D eigenvalue weighted by Crippen LogP contribution is -2.49. The summed E-state index contributed by atoms with van der Waals surface area (Å²) < 4.78 is 77.5. The van der Waals surface area contributed by atoms with E-state index in [1.54, 1.807) is 90.7 Å². The molecule has 612 valence electrons. The molecule has 0 spiro atoms. The van der Waals surface area contributed by atoms with E-state index >= 15 is 0 Å². The third-order valence-electron chi connectivity index (χ3n) is 20.3. The third kappa shape index (κ3) is 19.8. The summed E-state index contributed by atoms with van der Waals surface area (Å²) in [6.07, 6.45) is 24.0. The number of anilines is 4. The average Bonchev–Trinajstić information content (AvgIpc) is 1.77. The molecule has 0 bridgehead atoms. The summed E-state index contributed by atoms with van der Waals surface area (Å²) >= 11 is 0. The molecule has 2 N–H and O–H groups in total. The predicted octanol–water partition coefficient (Wildman–Crippen LogP) is 10.9. The number of ether oxygens (including phenoxy) is 4. The molecule has 0 aliphatic carbocycles. The fraction of sp³-hybridized carbons (Fsp3) is 0.381. The quantitative estimate of drug-likeness (QED) is 0.0636. The smallest absolute Gasteiger partial charge is 0.219 e. The highest BCUT2D eigenvalue weighted by molar-refractivity contribution is 7.88. The number of aromatic amines is 2. The SMILES string of the molecule is CC(C)Oc1cc2c(-c3ccnc(N4CCN(S(=O)(=O)Cc5ccccn5)CC4)c3)n[nH]c2cn1.CC(C)Oc1cc2c(-c3ccnc(N4CCN(S(=O)(=O)Cc5ccncc5)CC4)c3)n[nH]c2cn1.CC(C)Oc1cc2c(cn1)CN=C2c1cc(N2CCC2)ncn1.CC(C)Oc1cc2c(cn1)CN=C2c1cc(N2CCCCC2)ncn1. The van der Waals surface area contributed by atoms with E-state index in [0.717, 1.165) is 144 Å². The monoisotopic (exact) mass is 1630 g/mol. The van der Waals surface area contributed by atoms with Crippen LogP contribution >= 0.6 is 0 Å². The zero-order valence-corrected chi connectivity index (χ0v) is 69.0. The summed E-state index contributed by atoms with van der Waals surface area (Å²) in [4.78, 5) is 70.4. The number of aromatic nitrogens is 16. The summed E-state index contributed by atoms with van der Waals surface area (Å²) in [5.41, 5.74) is 14.2. The molecule has 118 heavy (non-hydrogen) atoms. The van der Waals surface area contributed by atoms with Gasteiger partial charge in [-0.05, 0) is 135 Å². The van der Waals surface area contributed by atoms with Gasteiger partial charge in [0.1, 0.15) is 53.1 Å². The highest BCUT2D eigenvalue weighted by Gasteiger charge is 2.32. The number of hydrogen-bond donors (Lipinski definition) is 2. The Morgan fingerprint density at radius 2 is 0.814 bits per heavy atom. The molecule has 18 rings (SSSR count). The van der Waals surface area contributed by atoms with Crippen LogP contribution in [0.15, 0.2) is 169 Å². The zero-order chi connectivity index (χ0) is 81.9. The van der Waals surface area contributed by atoms with E-state index in [-0.39, 0.29) is 35.9 Å². The molecule has 12 aromatic heterocycles. The Hall–Kier alpha value is -12.1. The number of nitrogens with zero attached hydrogens (tertiary/aromatic N) is 22. The maximum atomic E-state index is 12.9. The first-order valence-corrected chi connectivity index (χ1v) is 43.1. The molecule has 4 saturated heterocycles. The number of H-pyrrole nitrogens is 2. The summed E-state index contributed by atoms with van der Waals surface area (Å²) in [5, 5.41) is 16.9. The molecule has 32 nitrogen and oxygen atoms in total. The van der Waals surface area contributed by atoms with Crippen LogP contribution in [0.5, 0.6) is 23.5 Å². The minimum absolute atomic E-state index is 0.0210. The fourth-order valence-corrected chi connectivity index (χ4v) is 17.4. The van der Waals surface area contributed by atoms with Gasteiger partial charge in [0.2, 0.25) is 43.6 Å². The van der Waals surface area contributed by atoms with Crippen LogP contribution in [0.1, 0.15) is 126 Å². The van der Waals surface area contributed by atoms with Crippen LogP contribution in [0.2, 0.25) is 0 Å². The lowest BCUT2D eigenvalue weighted by Gasteiger charge is -2.34. The van der Waals surface area contributed by atoms with Crippen molar-refractivity contribution >= 4 is 76.5 Å². The number of pyridine rings is 8. The second kappa shape index (κ2) is 36.6. The van der Waals surface area contributed by atoms with Crippen LogP contribution in [-0.2, 0) is 44.6 Å². The molecular weight excluding hydrogens is 1540 g/mol. The average molecular weight is 1630 g/mol. The van der Waals surface area contributed by atoms with Crippen molar-refractivity contribution in [3.8, 4) is 46.0 Å². The van der Waals surface area contributed by atoms with E-state index in [4.69, 9.17) is 23.9 Å². The lowest BCUT2D eigenvalue weighted by molar-refractivity contribution is 0.232. The Morgan fingerprint density at radius 1 is 0.390 bits per heavy atom. The van der Waals surface area contributed by atoms with Gasteiger partial charge in [-0.3, -0.25) is 30.2 Å². The number of fused-ring (bicyclic) bond motifs is 4. The van der Waals surface area contributed by atoms with Crippen molar-refractivity contribution in [2.75, 3.05) is 98.1 Å². The number of nitrogens with one attached hydrogen (secondary N) is 2. The van der Waals surface area contributed by atoms with Crippen molar-refractivity contribution in [1.29, 1.82) is 0 Å².